The van der Waals surface area contributed by atoms with Crippen molar-refractivity contribution in [3.63, 3.8) is 0 Å². The number of hydrogen-bond donors (Lipinski definition) is 1. The molecule has 0 aliphatic heterocycles. The molecule has 0 radical (unpaired) electrons. The van der Waals surface area contributed by atoms with E-state index in [0.29, 0.717) is 29.7 Å². The Balaban J connectivity index is 1.53. The molecule has 0 unspecified atom stereocenters. The van der Waals surface area contributed by atoms with Crippen LogP contribution in [0.3, 0.4) is 0 Å². The van der Waals surface area contributed by atoms with Crippen LogP contribution in [0.5, 0.6) is 0 Å². The number of carbonyl (C=O) groups excluding carboxylic acids is 2. The Morgan fingerprint density at radius 3 is 2.75 bits per heavy atom. The number of amides is 1. The van der Waals surface area contributed by atoms with E-state index in [4.69, 9.17) is 4.42 Å². The molecule has 0 saturated heterocycles. The third-order valence-corrected chi connectivity index (χ3v) is 6.81. The topological polar surface area (TPSA) is 72.2 Å². The Hall–Kier alpha value is -2.38. The Bertz CT molecular complexity index is 1080. The number of aryl methyl sites for hydroxylation is 3. The van der Waals surface area contributed by atoms with Crippen LogP contribution in [-0.2, 0) is 6.42 Å². The van der Waals surface area contributed by atoms with E-state index in [2.05, 4.69) is 10.3 Å². The summed E-state index contributed by atoms with van der Waals surface area (Å²) in [6.07, 6.45) is 2.00. The number of fused-ring (bicyclic) bond motifs is 1. The van der Waals surface area contributed by atoms with Crippen LogP contribution in [-0.4, -0.2) is 16.7 Å². The van der Waals surface area contributed by atoms with Gasteiger partial charge in [-0.15, -0.1) is 11.3 Å². The number of nitrogens with zero attached hydrogens (tertiary/aromatic N) is 1. The van der Waals surface area contributed by atoms with E-state index in [0.717, 1.165) is 32.6 Å². The fraction of sp³-hybridized carbons (Fsp3) is 0.286. The Morgan fingerprint density at radius 2 is 2.07 bits per heavy atom. The number of thiazole rings is 1. The van der Waals surface area contributed by atoms with Crippen LogP contribution >= 0.6 is 23.1 Å². The minimum atomic E-state index is -0.321. The van der Waals surface area contributed by atoms with Gasteiger partial charge in [0.25, 0.3) is 5.91 Å². The summed E-state index contributed by atoms with van der Waals surface area (Å²) in [6.45, 7) is 5.71. The molecule has 2 heterocycles. The van der Waals surface area contributed by atoms with Gasteiger partial charge < -0.3 is 9.73 Å². The number of benzene rings is 1. The van der Waals surface area contributed by atoms with Gasteiger partial charge in [0, 0.05) is 40.1 Å². The molecule has 1 aromatic carbocycles. The molecule has 1 aliphatic carbocycles. The number of Topliss-reactive ketones (excluding diaryl/α,β-unsaturated/α-hetero) is 1. The lowest BCUT2D eigenvalue weighted by Gasteiger charge is -2.09. The fourth-order valence-corrected chi connectivity index (χ4v) is 5.27. The van der Waals surface area contributed by atoms with E-state index in [9.17, 15) is 9.59 Å². The van der Waals surface area contributed by atoms with Crippen LogP contribution in [0.25, 0.3) is 0 Å². The number of hydrogen-bond acceptors (Lipinski definition) is 6. The molecule has 0 fully saturated rings. The Labute approximate surface area is 171 Å². The highest BCUT2D eigenvalue weighted by Gasteiger charge is 2.28. The van der Waals surface area contributed by atoms with E-state index in [-0.39, 0.29) is 17.5 Å². The number of ketones is 1. The van der Waals surface area contributed by atoms with Gasteiger partial charge in [-0.05, 0) is 51.0 Å². The number of anilines is 1. The molecular formula is C21H20N2O3S2. The van der Waals surface area contributed by atoms with Crippen molar-refractivity contribution in [1.82, 2.24) is 4.98 Å². The van der Waals surface area contributed by atoms with Crippen LogP contribution in [0, 0.1) is 20.8 Å². The lowest BCUT2D eigenvalue weighted by molar-refractivity contribution is 0.0963. The van der Waals surface area contributed by atoms with Gasteiger partial charge in [0.15, 0.2) is 15.9 Å². The average Bonchev–Trinajstić information content (AvgIpc) is 3.21. The van der Waals surface area contributed by atoms with Crippen LogP contribution in [0.2, 0.25) is 0 Å². The van der Waals surface area contributed by atoms with Crippen molar-refractivity contribution in [1.29, 1.82) is 0 Å². The number of furan rings is 1. The first kappa shape index (κ1) is 19.0. The second-order valence-electron chi connectivity index (χ2n) is 6.92. The molecule has 144 valence electrons. The van der Waals surface area contributed by atoms with E-state index in [1.807, 2.05) is 37.4 Å². The van der Waals surface area contributed by atoms with Crippen LogP contribution < -0.4 is 5.32 Å². The molecule has 0 saturated carbocycles. The molecule has 4 rings (SSSR count). The zero-order valence-corrected chi connectivity index (χ0v) is 17.6. The van der Waals surface area contributed by atoms with E-state index in [1.165, 1.54) is 0 Å². The fourth-order valence-electron chi connectivity index (χ4n) is 3.36. The highest BCUT2D eigenvalue weighted by molar-refractivity contribution is 8.01. The van der Waals surface area contributed by atoms with Crippen LogP contribution in [0.1, 0.15) is 56.3 Å². The first-order chi connectivity index (χ1) is 13.4. The smallest absolute Gasteiger partial charge is 0.291 e. The maximum absolute atomic E-state index is 12.8. The molecule has 28 heavy (non-hydrogen) atoms. The largest absolute Gasteiger partial charge is 0.455 e. The van der Waals surface area contributed by atoms with Gasteiger partial charge in [-0.25, -0.2) is 4.98 Å². The maximum Gasteiger partial charge on any atom is 0.291 e. The summed E-state index contributed by atoms with van der Waals surface area (Å²) in [6, 6.07) is 5.88. The van der Waals surface area contributed by atoms with Crippen molar-refractivity contribution in [2.75, 3.05) is 5.32 Å². The SMILES string of the molecule is Cc1csc(Sc2ccc(NC(=O)c3oc4c(c3C)C(=O)CCC4)c(C)c2)n1. The van der Waals surface area contributed by atoms with Crippen molar-refractivity contribution >= 4 is 40.5 Å². The minimum absolute atomic E-state index is 0.0662. The summed E-state index contributed by atoms with van der Waals surface area (Å²) in [5.74, 6) is 0.618. The molecule has 0 bridgehead atoms. The van der Waals surface area contributed by atoms with Crippen molar-refractivity contribution in [2.45, 2.75) is 49.3 Å². The average molecular weight is 413 g/mol. The zero-order chi connectivity index (χ0) is 19.8. The first-order valence-electron chi connectivity index (χ1n) is 9.10. The third kappa shape index (κ3) is 3.64. The molecule has 7 heteroatoms. The van der Waals surface area contributed by atoms with Crippen molar-refractivity contribution in [3.8, 4) is 0 Å². The summed E-state index contributed by atoms with van der Waals surface area (Å²) in [7, 11) is 0. The van der Waals surface area contributed by atoms with Gasteiger partial charge in [-0.3, -0.25) is 9.59 Å². The van der Waals surface area contributed by atoms with E-state index < -0.39 is 0 Å². The number of nitrogens with one attached hydrogen (secondary N) is 1. The lowest BCUT2D eigenvalue weighted by atomic mass is 9.94. The standard InChI is InChI=1S/C21H20N2O3S2/c1-11-9-14(28-21-22-12(2)10-27-21)7-8-15(11)23-20(25)19-13(3)18-16(24)5-4-6-17(18)26-19/h7-10H,4-6H2,1-3H3,(H,23,25). The monoisotopic (exact) mass is 412 g/mol. The summed E-state index contributed by atoms with van der Waals surface area (Å²) < 4.78 is 6.74. The van der Waals surface area contributed by atoms with Gasteiger partial charge in [0.1, 0.15) is 5.76 Å². The number of rotatable bonds is 4. The molecule has 1 aliphatic rings. The van der Waals surface area contributed by atoms with Gasteiger partial charge in [0.05, 0.1) is 5.56 Å². The number of aromatic nitrogens is 1. The first-order valence-corrected chi connectivity index (χ1v) is 10.8. The molecule has 1 amide bonds. The summed E-state index contributed by atoms with van der Waals surface area (Å²) in [5.41, 5.74) is 3.93. The second kappa shape index (κ2) is 7.56. The summed E-state index contributed by atoms with van der Waals surface area (Å²) in [5, 5.41) is 4.95. The van der Waals surface area contributed by atoms with Gasteiger partial charge in [-0.2, -0.15) is 0 Å². The molecule has 0 spiro atoms. The predicted molar refractivity (Wildman–Crippen MR) is 111 cm³/mol. The number of carbonyl (C=O) groups is 2. The van der Waals surface area contributed by atoms with Crippen molar-refractivity contribution in [3.05, 3.63) is 57.5 Å². The lowest BCUT2D eigenvalue weighted by Crippen LogP contribution is -2.14. The van der Waals surface area contributed by atoms with Gasteiger partial charge >= 0.3 is 0 Å². The summed E-state index contributed by atoms with van der Waals surface area (Å²) in [4.78, 5) is 30.4. The van der Waals surface area contributed by atoms with Gasteiger partial charge in [-0.1, -0.05) is 11.8 Å². The highest BCUT2D eigenvalue weighted by atomic mass is 32.2. The Morgan fingerprint density at radius 1 is 1.25 bits per heavy atom. The molecule has 2 aromatic heterocycles. The van der Waals surface area contributed by atoms with E-state index in [1.54, 1.807) is 30.0 Å². The molecule has 0 atom stereocenters. The second-order valence-corrected chi connectivity index (χ2v) is 9.10. The third-order valence-electron chi connectivity index (χ3n) is 4.76. The maximum atomic E-state index is 12.8. The highest BCUT2D eigenvalue weighted by Crippen LogP contribution is 2.33. The Kier molecular flexibility index (Phi) is 5.12. The van der Waals surface area contributed by atoms with Crippen LogP contribution in [0.15, 0.2) is 37.2 Å². The molecule has 5 nitrogen and oxygen atoms in total. The van der Waals surface area contributed by atoms with Crippen molar-refractivity contribution < 1.29 is 14.0 Å². The van der Waals surface area contributed by atoms with E-state index >= 15 is 0 Å². The molecule has 3 aromatic rings. The quantitative estimate of drug-likeness (QED) is 0.605. The predicted octanol–water partition coefficient (Wildman–Crippen LogP) is 5.58. The van der Waals surface area contributed by atoms with Crippen LogP contribution in [0.4, 0.5) is 5.69 Å². The van der Waals surface area contributed by atoms with Crippen molar-refractivity contribution in [2.24, 2.45) is 0 Å². The molecule has 1 N–H and O–H groups in total. The normalized spacial score (nSPS) is 13.5. The summed E-state index contributed by atoms with van der Waals surface area (Å²) >= 11 is 3.23. The zero-order valence-electron chi connectivity index (χ0n) is 15.9. The molecular weight excluding hydrogens is 392 g/mol. The minimum Gasteiger partial charge on any atom is -0.455 e. The van der Waals surface area contributed by atoms with Gasteiger partial charge in [0.2, 0.25) is 0 Å².